The van der Waals surface area contributed by atoms with Crippen molar-refractivity contribution < 1.29 is 0 Å². The Balaban J connectivity index is 1.91. The SMILES string of the molecule is NC(c1cnnn1-c1ccccc1)C1CCCS1. The van der Waals surface area contributed by atoms with Gasteiger partial charge < -0.3 is 5.73 Å². The van der Waals surface area contributed by atoms with Gasteiger partial charge in [0.25, 0.3) is 0 Å². The maximum atomic E-state index is 6.36. The minimum absolute atomic E-state index is 0.00714. The first kappa shape index (κ1) is 11.7. The van der Waals surface area contributed by atoms with E-state index in [2.05, 4.69) is 10.3 Å². The monoisotopic (exact) mass is 260 g/mol. The molecule has 2 atom stereocenters. The van der Waals surface area contributed by atoms with E-state index >= 15 is 0 Å². The molecule has 1 fully saturated rings. The fourth-order valence-electron chi connectivity index (χ4n) is 2.32. The summed E-state index contributed by atoms with van der Waals surface area (Å²) in [6.07, 6.45) is 4.23. The summed E-state index contributed by atoms with van der Waals surface area (Å²) >= 11 is 1.96. The van der Waals surface area contributed by atoms with E-state index in [4.69, 9.17) is 5.73 Å². The van der Waals surface area contributed by atoms with Crippen molar-refractivity contribution in [2.24, 2.45) is 5.73 Å². The van der Waals surface area contributed by atoms with E-state index in [1.807, 2.05) is 46.8 Å². The van der Waals surface area contributed by atoms with Crippen LogP contribution >= 0.6 is 11.8 Å². The van der Waals surface area contributed by atoms with Crippen molar-refractivity contribution in [1.29, 1.82) is 0 Å². The van der Waals surface area contributed by atoms with Gasteiger partial charge in [-0.1, -0.05) is 23.4 Å². The standard InChI is InChI=1S/C13H16N4S/c14-13(12-7-4-8-18-12)11-9-15-16-17(11)10-5-2-1-3-6-10/h1-3,5-6,9,12-13H,4,7-8,14H2. The van der Waals surface area contributed by atoms with Crippen LogP contribution in [0.2, 0.25) is 0 Å². The summed E-state index contributed by atoms with van der Waals surface area (Å²) in [5.74, 6) is 1.21. The molecular formula is C13H16N4S. The van der Waals surface area contributed by atoms with Gasteiger partial charge in [0.05, 0.1) is 23.6 Å². The van der Waals surface area contributed by atoms with Crippen molar-refractivity contribution in [2.45, 2.75) is 24.1 Å². The molecule has 4 nitrogen and oxygen atoms in total. The second kappa shape index (κ2) is 5.12. The van der Waals surface area contributed by atoms with Gasteiger partial charge >= 0.3 is 0 Å². The van der Waals surface area contributed by atoms with Crippen LogP contribution in [0.3, 0.4) is 0 Å². The van der Waals surface area contributed by atoms with Gasteiger partial charge in [-0.15, -0.1) is 5.10 Å². The third kappa shape index (κ3) is 2.15. The van der Waals surface area contributed by atoms with Gasteiger partial charge in [0, 0.05) is 5.25 Å². The third-order valence-corrected chi connectivity index (χ3v) is 4.76. The number of rotatable bonds is 3. The lowest BCUT2D eigenvalue weighted by molar-refractivity contribution is 0.604. The van der Waals surface area contributed by atoms with Crippen molar-refractivity contribution >= 4 is 11.8 Å². The highest BCUT2D eigenvalue weighted by atomic mass is 32.2. The molecule has 0 aliphatic carbocycles. The Labute approximate surface area is 111 Å². The van der Waals surface area contributed by atoms with Crippen LogP contribution in [0.25, 0.3) is 5.69 Å². The molecule has 2 N–H and O–H groups in total. The highest BCUT2D eigenvalue weighted by Crippen LogP contribution is 2.34. The van der Waals surface area contributed by atoms with Crippen LogP contribution in [-0.2, 0) is 0 Å². The summed E-state index contributed by atoms with van der Waals surface area (Å²) in [5, 5.41) is 8.66. The molecule has 1 saturated heterocycles. The minimum Gasteiger partial charge on any atom is -0.322 e. The van der Waals surface area contributed by atoms with Gasteiger partial charge in [0.1, 0.15) is 0 Å². The van der Waals surface area contributed by atoms with Crippen LogP contribution < -0.4 is 5.73 Å². The highest BCUT2D eigenvalue weighted by Gasteiger charge is 2.27. The largest absolute Gasteiger partial charge is 0.322 e. The number of hydrogen-bond donors (Lipinski definition) is 1. The molecule has 2 unspecified atom stereocenters. The summed E-state index contributed by atoms with van der Waals surface area (Å²) in [7, 11) is 0. The number of benzene rings is 1. The molecule has 0 spiro atoms. The Morgan fingerprint density at radius 1 is 1.33 bits per heavy atom. The zero-order chi connectivity index (χ0) is 12.4. The molecule has 18 heavy (non-hydrogen) atoms. The van der Waals surface area contributed by atoms with Crippen molar-refractivity contribution in [2.75, 3.05) is 5.75 Å². The molecular weight excluding hydrogens is 244 g/mol. The Morgan fingerprint density at radius 2 is 2.17 bits per heavy atom. The summed E-state index contributed by atoms with van der Waals surface area (Å²) in [4.78, 5) is 0. The maximum absolute atomic E-state index is 6.36. The van der Waals surface area contributed by atoms with Crippen LogP contribution in [0.5, 0.6) is 0 Å². The molecule has 2 heterocycles. The molecule has 5 heteroatoms. The van der Waals surface area contributed by atoms with Crippen LogP contribution in [-0.4, -0.2) is 26.0 Å². The van der Waals surface area contributed by atoms with E-state index in [0.717, 1.165) is 11.4 Å². The molecule has 0 saturated carbocycles. The predicted molar refractivity (Wildman–Crippen MR) is 73.8 cm³/mol. The van der Waals surface area contributed by atoms with Gasteiger partial charge in [-0.3, -0.25) is 0 Å². The maximum Gasteiger partial charge on any atom is 0.0824 e. The molecule has 0 amide bonds. The lowest BCUT2D eigenvalue weighted by Crippen LogP contribution is -2.24. The molecule has 0 radical (unpaired) electrons. The van der Waals surface area contributed by atoms with Crippen molar-refractivity contribution in [3.63, 3.8) is 0 Å². The number of thioether (sulfide) groups is 1. The molecule has 1 aliphatic heterocycles. The number of nitrogens with zero attached hydrogens (tertiary/aromatic N) is 3. The summed E-state index contributed by atoms with van der Waals surface area (Å²) in [6.45, 7) is 0. The highest BCUT2D eigenvalue weighted by molar-refractivity contribution is 8.00. The van der Waals surface area contributed by atoms with Crippen LogP contribution in [0.15, 0.2) is 36.5 Å². The number of aromatic nitrogens is 3. The van der Waals surface area contributed by atoms with Crippen molar-refractivity contribution in [3.05, 3.63) is 42.2 Å². The quantitative estimate of drug-likeness (QED) is 0.919. The van der Waals surface area contributed by atoms with E-state index in [1.54, 1.807) is 6.20 Å². The number of nitrogens with two attached hydrogens (primary N) is 1. The lowest BCUT2D eigenvalue weighted by atomic mass is 10.1. The fourth-order valence-corrected chi connectivity index (χ4v) is 3.63. The van der Waals surface area contributed by atoms with Gasteiger partial charge in [-0.05, 0) is 30.7 Å². The van der Waals surface area contributed by atoms with Crippen LogP contribution in [0, 0.1) is 0 Å². The van der Waals surface area contributed by atoms with E-state index in [-0.39, 0.29) is 6.04 Å². The molecule has 3 rings (SSSR count). The second-order valence-electron chi connectivity index (χ2n) is 4.48. The minimum atomic E-state index is 0.00714. The van der Waals surface area contributed by atoms with Crippen molar-refractivity contribution in [3.8, 4) is 5.69 Å². The van der Waals surface area contributed by atoms with Crippen LogP contribution in [0.4, 0.5) is 0 Å². The molecule has 1 aliphatic rings. The average Bonchev–Trinajstić information content (AvgIpc) is 3.10. The third-order valence-electron chi connectivity index (χ3n) is 3.28. The van der Waals surface area contributed by atoms with E-state index < -0.39 is 0 Å². The Morgan fingerprint density at radius 3 is 2.89 bits per heavy atom. The average molecular weight is 260 g/mol. The van der Waals surface area contributed by atoms with Gasteiger partial charge in [-0.25, -0.2) is 4.68 Å². The lowest BCUT2D eigenvalue weighted by Gasteiger charge is -2.18. The Hall–Kier alpha value is -1.33. The van der Waals surface area contributed by atoms with Gasteiger partial charge in [-0.2, -0.15) is 11.8 Å². The molecule has 1 aromatic carbocycles. The number of hydrogen-bond acceptors (Lipinski definition) is 4. The number of para-hydroxylation sites is 1. The first-order valence-corrected chi connectivity index (χ1v) is 7.24. The Kier molecular flexibility index (Phi) is 3.34. The topological polar surface area (TPSA) is 56.7 Å². The van der Waals surface area contributed by atoms with E-state index in [1.165, 1.54) is 18.6 Å². The zero-order valence-electron chi connectivity index (χ0n) is 10.1. The summed E-state index contributed by atoms with van der Waals surface area (Å²) < 4.78 is 1.85. The molecule has 2 aromatic rings. The Bertz CT molecular complexity index is 505. The summed E-state index contributed by atoms with van der Waals surface area (Å²) in [5.41, 5.74) is 8.38. The fraction of sp³-hybridized carbons (Fsp3) is 0.385. The molecule has 1 aromatic heterocycles. The summed E-state index contributed by atoms with van der Waals surface area (Å²) in [6, 6.07) is 10.0. The zero-order valence-corrected chi connectivity index (χ0v) is 10.9. The smallest absolute Gasteiger partial charge is 0.0824 e. The predicted octanol–water partition coefficient (Wildman–Crippen LogP) is 2.16. The van der Waals surface area contributed by atoms with E-state index in [0.29, 0.717) is 5.25 Å². The second-order valence-corrected chi connectivity index (χ2v) is 5.83. The first-order valence-electron chi connectivity index (χ1n) is 6.19. The van der Waals surface area contributed by atoms with E-state index in [9.17, 15) is 0 Å². The molecule has 94 valence electrons. The molecule has 0 bridgehead atoms. The van der Waals surface area contributed by atoms with Gasteiger partial charge in [0.15, 0.2) is 0 Å². The van der Waals surface area contributed by atoms with Crippen LogP contribution in [0.1, 0.15) is 24.6 Å². The normalized spacial score (nSPS) is 21.1. The van der Waals surface area contributed by atoms with Crippen molar-refractivity contribution in [1.82, 2.24) is 15.0 Å². The first-order chi connectivity index (χ1) is 8.86. The van der Waals surface area contributed by atoms with Gasteiger partial charge in [0.2, 0.25) is 0 Å².